The van der Waals surface area contributed by atoms with Gasteiger partial charge in [-0.25, -0.2) is 12.8 Å². The Balaban J connectivity index is 1.74. The molecule has 6 nitrogen and oxygen atoms in total. The second-order valence-electron chi connectivity index (χ2n) is 7.33. The average molecular weight is 466 g/mol. The molecular weight excluding hydrogens is 449 g/mol. The predicted molar refractivity (Wildman–Crippen MR) is 120 cm³/mol. The van der Waals surface area contributed by atoms with Crippen molar-refractivity contribution in [1.29, 1.82) is 5.26 Å². The molecule has 0 saturated heterocycles. The zero-order valence-corrected chi connectivity index (χ0v) is 18.2. The molecule has 0 aliphatic carbocycles. The number of fused-ring (bicyclic) bond motifs is 2. The maximum absolute atomic E-state index is 14.0. The molecule has 3 aromatic rings. The molecule has 1 aromatic heterocycles. The second-order valence-corrected chi connectivity index (χ2v) is 9.94. The van der Waals surface area contributed by atoms with Crippen LogP contribution in [0.3, 0.4) is 0 Å². The molecule has 0 fully saturated rings. The lowest BCUT2D eigenvalue weighted by Gasteiger charge is -2.38. The van der Waals surface area contributed by atoms with Crippen LogP contribution in [0.15, 0.2) is 81.7 Å². The molecule has 5 rings (SSSR count). The Labute approximate surface area is 188 Å². The molecule has 0 amide bonds. The number of allylic oxidation sites excluding steroid dienone is 2. The highest BCUT2D eigenvalue weighted by atomic mass is 32.2. The van der Waals surface area contributed by atoms with Crippen molar-refractivity contribution in [2.45, 2.75) is 12.5 Å². The van der Waals surface area contributed by atoms with Crippen molar-refractivity contribution in [3.8, 4) is 6.07 Å². The Morgan fingerprint density at radius 2 is 1.91 bits per heavy atom. The zero-order valence-electron chi connectivity index (χ0n) is 16.5. The number of hydrogen-bond acceptors (Lipinski definition) is 6. The molecule has 0 spiro atoms. The van der Waals surface area contributed by atoms with Crippen LogP contribution in [0.1, 0.15) is 22.6 Å². The van der Waals surface area contributed by atoms with Crippen LogP contribution in [-0.4, -0.2) is 8.42 Å². The Kier molecular flexibility index (Phi) is 4.77. The number of nitriles is 1. The summed E-state index contributed by atoms with van der Waals surface area (Å²) >= 11 is 1.40. The number of para-hydroxylation sites is 1. The van der Waals surface area contributed by atoms with Gasteiger partial charge in [-0.2, -0.15) is 16.6 Å². The molecule has 9 heteroatoms. The minimum absolute atomic E-state index is 0.00610. The fourth-order valence-corrected chi connectivity index (χ4v) is 6.61. The number of nitrogens with zero attached hydrogens (tertiary/aromatic N) is 2. The number of halogens is 1. The lowest BCUT2D eigenvalue weighted by molar-refractivity contribution is 0.357. The summed E-state index contributed by atoms with van der Waals surface area (Å²) in [7, 11) is -4.13. The number of sulfonamides is 1. The van der Waals surface area contributed by atoms with Crippen molar-refractivity contribution in [2.75, 3.05) is 4.31 Å². The van der Waals surface area contributed by atoms with Gasteiger partial charge in [0, 0.05) is 5.56 Å². The highest BCUT2D eigenvalue weighted by Gasteiger charge is 2.47. The van der Waals surface area contributed by atoms with E-state index in [9.17, 15) is 18.1 Å². The van der Waals surface area contributed by atoms with Gasteiger partial charge >= 0.3 is 0 Å². The molecule has 2 aliphatic rings. The van der Waals surface area contributed by atoms with Crippen molar-refractivity contribution in [2.24, 2.45) is 5.73 Å². The van der Waals surface area contributed by atoms with Gasteiger partial charge in [0.2, 0.25) is 5.88 Å². The minimum atomic E-state index is -4.13. The maximum atomic E-state index is 14.0. The number of anilines is 1. The van der Waals surface area contributed by atoms with Gasteiger partial charge in [0.05, 0.1) is 18.2 Å². The smallest absolute Gasteiger partial charge is 0.265 e. The predicted octanol–water partition coefficient (Wildman–Crippen LogP) is 4.41. The largest absolute Gasteiger partial charge is 0.439 e. The van der Waals surface area contributed by atoms with E-state index in [4.69, 9.17) is 10.5 Å². The summed E-state index contributed by atoms with van der Waals surface area (Å²) in [6.45, 7) is -0.00610. The summed E-state index contributed by atoms with van der Waals surface area (Å²) in [4.78, 5) is -0.0255. The van der Waals surface area contributed by atoms with E-state index in [2.05, 4.69) is 0 Å². The zero-order chi connectivity index (χ0) is 22.5. The molecule has 0 radical (unpaired) electrons. The summed E-state index contributed by atoms with van der Waals surface area (Å²) in [6, 6.07) is 16.4. The maximum Gasteiger partial charge on any atom is 0.265 e. The van der Waals surface area contributed by atoms with Crippen molar-refractivity contribution in [1.82, 2.24) is 0 Å². The number of benzene rings is 2. The summed E-state index contributed by atoms with van der Waals surface area (Å²) < 4.78 is 48.4. The van der Waals surface area contributed by atoms with E-state index in [1.54, 1.807) is 47.8 Å². The van der Waals surface area contributed by atoms with E-state index in [-0.39, 0.29) is 28.7 Å². The van der Waals surface area contributed by atoms with Gasteiger partial charge in [0.15, 0.2) is 5.76 Å². The van der Waals surface area contributed by atoms with E-state index in [0.29, 0.717) is 22.4 Å². The molecule has 160 valence electrons. The SMILES string of the molecule is N#CC1=C(N)OC2=C(C1c1ccsc1)S(=O)(=O)N(Cc1ccc(F)cc1)c1ccccc12. The molecule has 3 heterocycles. The Morgan fingerprint density at radius 3 is 2.59 bits per heavy atom. The topological polar surface area (TPSA) is 96.4 Å². The minimum Gasteiger partial charge on any atom is -0.439 e. The van der Waals surface area contributed by atoms with E-state index >= 15 is 0 Å². The highest BCUT2D eigenvalue weighted by Crippen LogP contribution is 2.51. The first-order chi connectivity index (χ1) is 15.4. The Bertz CT molecular complexity index is 1420. The molecule has 1 atom stereocenters. The van der Waals surface area contributed by atoms with Crippen LogP contribution in [0, 0.1) is 17.1 Å². The van der Waals surface area contributed by atoms with Crippen LogP contribution in [-0.2, 0) is 21.3 Å². The van der Waals surface area contributed by atoms with Crippen molar-refractivity contribution in [3.63, 3.8) is 0 Å². The molecule has 2 N–H and O–H groups in total. The molecule has 2 aromatic carbocycles. The van der Waals surface area contributed by atoms with Crippen molar-refractivity contribution < 1.29 is 17.5 Å². The van der Waals surface area contributed by atoms with Gasteiger partial charge in [0.25, 0.3) is 10.0 Å². The summed E-state index contributed by atoms with van der Waals surface area (Å²) in [5.74, 6) is -1.27. The Morgan fingerprint density at radius 1 is 1.16 bits per heavy atom. The normalized spacial score (nSPS) is 19.1. The van der Waals surface area contributed by atoms with Crippen LogP contribution >= 0.6 is 11.3 Å². The van der Waals surface area contributed by atoms with E-state index < -0.39 is 21.8 Å². The fraction of sp³-hybridized carbons (Fsp3) is 0.0870. The van der Waals surface area contributed by atoms with Gasteiger partial charge < -0.3 is 10.5 Å². The number of rotatable bonds is 3. The lowest BCUT2D eigenvalue weighted by atomic mass is 9.90. The first-order valence-corrected chi connectivity index (χ1v) is 12.0. The van der Waals surface area contributed by atoms with Crippen molar-refractivity contribution in [3.05, 3.63) is 104 Å². The van der Waals surface area contributed by atoms with E-state index in [1.807, 2.05) is 11.4 Å². The van der Waals surface area contributed by atoms with Crippen LogP contribution < -0.4 is 10.0 Å². The molecule has 1 unspecified atom stereocenters. The molecular formula is C23H16FN3O3S2. The lowest BCUT2D eigenvalue weighted by Crippen LogP contribution is -2.39. The van der Waals surface area contributed by atoms with Crippen molar-refractivity contribution >= 4 is 32.8 Å². The van der Waals surface area contributed by atoms with E-state index in [1.165, 1.54) is 27.8 Å². The van der Waals surface area contributed by atoms with Crippen LogP contribution in [0.25, 0.3) is 5.76 Å². The second kappa shape index (κ2) is 7.51. The fourth-order valence-electron chi connectivity index (χ4n) is 4.01. The quantitative estimate of drug-likeness (QED) is 0.618. The van der Waals surface area contributed by atoms with Crippen LogP contribution in [0.4, 0.5) is 10.1 Å². The van der Waals surface area contributed by atoms with E-state index in [0.717, 1.165) is 0 Å². The number of ether oxygens (including phenoxy) is 1. The molecule has 2 aliphatic heterocycles. The third-order valence-electron chi connectivity index (χ3n) is 5.47. The molecule has 0 saturated carbocycles. The summed E-state index contributed by atoms with van der Waals surface area (Å²) in [5.41, 5.74) is 8.37. The van der Waals surface area contributed by atoms with Gasteiger partial charge in [-0.05, 0) is 52.2 Å². The summed E-state index contributed by atoms with van der Waals surface area (Å²) in [5, 5.41) is 13.4. The van der Waals surface area contributed by atoms with Gasteiger partial charge in [-0.3, -0.25) is 4.31 Å². The third-order valence-corrected chi connectivity index (χ3v) is 8.06. The van der Waals surface area contributed by atoms with Crippen LogP contribution in [0.2, 0.25) is 0 Å². The van der Waals surface area contributed by atoms with Crippen LogP contribution in [0.5, 0.6) is 0 Å². The number of nitrogens with two attached hydrogens (primary N) is 1. The van der Waals surface area contributed by atoms with Gasteiger partial charge in [-0.1, -0.05) is 24.3 Å². The highest BCUT2D eigenvalue weighted by molar-refractivity contribution is 7.96. The number of hydrogen-bond donors (Lipinski definition) is 1. The molecule has 0 bridgehead atoms. The van der Waals surface area contributed by atoms with Gasteiger partial charge in [-0.15, -0.1) is 0 Å². The first kappa shape index (κ1) is 20.3. The van der Waals surface area contributed by atoms with Gasteiger partial charge in [0.1, 0.15) is 22.4 Å². The standard InChI is InChI=1S/C23H16FN3O3S2/c24-16-7-5-14(6-8-16)12-27-19-4-2-1-3-17(19)21-22(32(27,28)29)20(15-9-10-31-13-15)18(11-25)23(26)30-21/h1-10,13,20H,12,26H2. The first-order valence-electron chi connectivity index (χ1n) is 9.62. The third kappa shape index (κ3) is 3.07. The number of thiophene rings is 1. The molecule has 32 heavy (non-hydrogen) atoms. The summed E-state index contributed by atoms with van der Waals surface area (Å²) in [6.07, 6.45) is 0. The Hall–Kier alpha value is -3.61. The monoisotopic (exact) mass is 465 g/mol. The average Bonchev–Trinajstić information content (AvgIpc) is 3.31.